The van der Waals surface area contributed by atoms with E-state index in [4.69, 9.17) is 5.84 Å². The predicted octanol–water partition coefficient (Wildman–Crippen LogP) is 3.19. The minimum absolute atomic E-state index is 0.0123. The van der Waals surface area contributed by atoms with Crippen LogP contribution < -0.4 is 11.3 Å². The van der Waals surface area contributed by atoms with E-state index in [1.54, 1.807) is 12.1 Å². The molecule has 0 aromatic heterocycles. The Morgan fingerprint density at radius 2 is 1.84 bits per heavy atom. The van der Waals surface area contributed by atoms with Crippen molar-refractivity contribution in [2.24, 2.45) is 5.84 Å². The van der Waals surface area contributed by atoms with Crippen LogP contribution in [0.2, 0.25) is 0 Å². The summed E-state index contributed by atoms with van der Waals surface area (Å²) in [7, 11) is 0. The normalized spacial score (nSPS) is 12.4. The maximum atomic E-state index is 13.3. The van der Waals surface area contributed by atoms with E-state index in [9.17, 15) is 4.39 Å². The summed E-state index contributed by atoms with van der Waals surface area (Å²) in [5, 5.41) is 0. The van der Waals surface area contributed by atoms with E-state index in [2.05, 4.69) is 24.5 Å². The van der Waals surface area contributed by atoms with Crippen molar-refractivity contribution in [1.82, 2.24) is 5.43 Å². The second-order valence-corrected chi connectivity index (χ2v) is 4.85. The van der Waals surface area contributed by atoms with Crippen LogP contribution in [-0.2, 0) is 6.42 Å². The number of nitrogens with one attached hydrogen (secondary N) is 1. The van der Waals surface area contributed by atoms with E-state index < -0.39 is 0 Å². The van der Waals surface area contributed by atoms with E-state index in [1.165, 1.54) is 11.6 Å². The lowest BCUT2D eigenvalue weighted by Gasteiger charge is -2.19. The summed E-state index contributed by atoms with van der Waals surface area (Å²) in [5.74, 6) is 5.46. The molecule has 3 heteroatoms. The topological polar surface area (TPSA) is 38.0 Å². The van der Waals surface area contributed by atoms with Crippen LogP contribution in [0.1, 0.15) is 28.3 Å². The molecule has 0 radical (unpaired) electrons. The molecule has 19 heavy (non-hydrogen) atoms. The fourth-order valence-corrected chi connectivity index (χ4v) is 2.32. The van der Waals surface area contributed by atoms with E-state index in [0.717, 1.165) is 16.7 Å². The van der Waals surface area contributed by atoms with Gasteiger partial charge in [-0.1, -0.05) is 30.3 Å². The molecule has 0 aliphatic carbocycles. The third kappa shape index (κ3) is 3.19. The van der Waals surface area contributed by atoms with Gasteiger partial charge in [0.1, 0.15) is 5.82 Å². The Morgan fingerprint density at radius 1 is 1.11 bits per heavy atom. The molecule has 2 aromatic carbocycles. The summed E-state index contributed by atoms with van der Waals surface area (Å²) in [5.41, 5.74) is 7.22. The molecule has 2 aromatic rings. The van der Waals surface area contributed by atoms with Crippen LogP contribution in [0.4, 0.5) is 4.39 Å². The van der Waals surface area contributed by atoms with Gasteiger partial charge >= 0.3 is 0 Å². The quantitative estimate of drug-likeness (QED) is 0.653. The lowest BCUT2D eigenvalue weighted by Crippen LogP contribution is -2.30. The highest BCUT2D eigenvalue weighted by Gasteiger charge is 2.14. The molecule has 0 saturated carbocycles. The van der Waals surface area contributed by atoms with Crippen molar-refractivity contribution in [3.05, 3.63) is 70.5 Å². The largest absolute Gasteiger partial charge is 0.271 e. The van der Waals surface area contributed by atoms with Crippen molar-refractivity contribution < 1.29 is 4.39 Å². The average molecular weight is 258 g/mol. The fourth-order valence-electron chi connectivity index (χ4n) is 2.32. The van der Waals surface area contributed by atoms with E-state index >= 15 is 0 Å². The Hall–Kier alpha value is -1.71. The van der Waals surface area contributed by atoms with Crippen LogP contribution in [0.3, 0.4) is 0 Å². The minimum atomic E-state index is -0.207. The van der Waals surface area contributed by atoms with Crippen LogP contribution in [0, 0.1) is 19.7 Å². The van der Waals surface area contributed by atoms with Gasteiger partial charge in [-0.15, -0.1) is 0 Å². The number of rotatable bonds is 4. The van der Waals surface area contributed by atoms with Gasteiger partial charge in [0.2, 0.25) is 0 Å². The Kier molecular flexibility index (Phi) is 4.30. The van der Waals surface area contributed by atoms with Crippen LogP contribution in [0.15, 0.2) is 42.5 Å². The standard InChI is InChI=1S/C16H19FN2/c1-11-7-8-14(17)9-13(11)10-16(19-18)15-6-4-3-5-12(15)2/h3-9,16,19H,10,18H2,1-2H3. The van der Waals surface area contributed by atoms with Gasteiger partial charge in [-0.3, -0.25) is 11.3 Å². The maximum absolute atomic E-state index is 13.3. The molecule has 0 spiro atoms. The number of aryl methyl sites for hydroxylation is 2. The van der Waals surface area contributed by atoms with Gasteiger partial charge in [0.15, 0.2) is 0 Å². The van der Waals surface area contributed by atoms with E-state index in [0.29, 0.717) is 6.42 Å². The van der Waals surface area contributed by atoms with Crippen molar-refractivity contribution >= 4 is 0 Å². The van der Waals surface area contributed by atoms with Gasteiger partial charge in [-0.05, 0) is 54.7 Å². The smallest absolute Gasteiger partial charge is 0.123 e. The van der Waals surface area contributed by atoms with Crippen molar-refractivity contribution in [3.63, 3.8) is 0 Å². The number of hydrazine groups is 1. The first-order valence-corrected chi connectivity index (χ1v) is 6.38. The highest BCUT2D eigenvalue weighted by atomic mass is 19.1. The van der Waals surface area contributed by atoms with Crippen molar-refractivity contribution in [3.8, 4) is 0 Å². The maximum Gasteiger partial charge on any atom is 0.123 e. The average Bonchev–Trinajstić information content (AvgIpc) is 2.41. The van der Waals surface area contributed by atoms with Crippen LogP contribution >= 0.6 is 0 Å². The zero-order valence-corrected chi connectivity index (χ0v) is 11.3. The Balaban J connectivity index is 2.29. The molecule has 3 N–H and O–H groups in total. The number of benzene rings is 2. The minimum Gasteiger partial charge on any atom is -0.271 e. The van der Waals surface area contributed by atoms with E-state index in [1.807, 2.05) is 19.1 Å². The lowest BCUT2D eigenvalue weighted by molar-refractivity contribution is 0.545. The summed E-state index contributed by atoms with van der Waals surface area (Å²) in [6, 6.07) is 12.9. The molecule has 0 aliphatic heterocycles. The summed E-state index contributed by atoms with van der Waals surface area (Å²) < 4.78 is 13.3. The van der Waals surface area contributed by atoms with Gasteiger partial charge in [-0.2, -0.15) is 0 Å². The van der Waals surface area contributed by atoms with E-state index in [-0.39, 0.29) is 11.9 Å². The molecule has 1 atom stereocenters. The molecule has 0 amide bonds. The molecular weight excluding hydrogens is 239 g/mol. The zero-order chi connectivity index (χ0) is 13.8. The predicted molar refractivity (Wildman–Crippen MR) is 76.1 cm³/mol. The van der Waals surface area contributed by atoms with Gasteiger partial charge in [0.25, 0.3) is 0 Å². The molecule has 0 saturated heterocycles. The summed E-state index contributed by atoms with van der Waals surface area (Å²) in [4.78, 5) is 0. The van der Waals surface area contributed by atoms with Gasteiger partial charge < -0.3 is 0 Å². The van der Waals surface area contributed by atoms with Gasteiger partial charge in [0, 0.05) is 0 Å². The zero-order valence-electron chi connectivity index (χ0n) is 11.3. The number of halogens is 1. The Labute approximate surface area is 113 Å². The number of hydrogen-bond donors (Lipinski definition) is 2. The SMILES string of the molecule is Cc1ccc(F)cc1CC(NN)c1ccccc1C. The number of nitrogens with two attached hydrogens (primary N) is 1. The third-order valence-electron chi connectivity index (χ3n) is 3.50. The third-order valence-corrected chi connectivity index (χ3v) is 3.50. The Bertz CT molecular complexity index is 566. The van der Waals surface area contributed by atoms with Crippen molar-refractivity contribution in [1.29, 1.82) is 0 Å². The molecule has 1 unspecified atom stereocenters. The van der Waals surface area contributed by atoms with Gasteiger partial charge in [0.05, 0.1) is 6.04 Å². The monoisotopic (exact) mass is 258 g/mol. The van der Waals surface area contributed by atoms with Gasteiger partial charge in [-0.25, -0.2) is 4.39 Å². The van der Waals surface area contributed by atoms with Crippen LogP contribution in [-0.4, -0.2) is 0 Å². The van der Waals surface area contributed by atoms with Crippen LogP contribution in [0.5, 0.6) is 0 Å². The molecule has 0 heterocycles. The fraction of sp³-hybridized carbons (Fsp3) is 0.250. The Morgan fingerprint density at radius 3 is 2.53 bits per heavy atom. The first-order chi connectivity index (χ1) is 9.11. The first kappa shape index (κ1) is 13.7. The molecule has 0 aliphatic rings. The molecular formula is C16H19FN2. The summed E-state index contributed by atoms with van der Waals surface area (Å²) in [6.45, 7) is 4.04. The second kappa shape index (κ2) is 5.95. The molecule has 0 fully saturated rings. The molecule has 2 rings (SSSR count). The summed E-state index contributed by atoms with van der Waals surface area (Å²) >= 11 is 0. The molecule has 2 nitrogen and oxygen atoms in total. The lowest BCUT2D eigenvalue weighted by atomic mass is 9.94. The van der Waals surface area contributed by atoms with Crippen LogP contribution in [0.25, 0.3) is 0 Å². The highest BCUT2D eigenvalue weighted by Crippen LogP contribution is 2.23. The van der Waals surface area contributed by atoms with Crippen molar-refractivity contribution in [2.45, 2.75) is 26.3 Å². The molecule has 0 bridgehead atoms. The first-order valence-electron chi connectivity index (χ1n) is 6.38. The highest BCUT2D eigenvalue weighted by molar-refractivity contribution is 5.33. The second-order valence-electron chi connectivity index (χ2n) is 4.85. The molecule has 100 valence electrons. The van der Waals surface area contributed by atoms with Crippen molar-refractivity contribution in [2.75, 3.05) is 0 Å². The summed E-state index contributed by atoms with van der Waals surface area (Å²) in [6.07, 6.45) is 0.672. The number of hydrogen-bond acceptors (Lipinski definition) is 2.